The van der Waals surface area contributed by atoms with Crippen molar-refractivity contribution >= 4 is 15.9 Å². The molecule has 26 heavy (non-hydrogen) atoms. The molecule has 2 aliphatic heterocycles. The van der Waals surface area contributed by atoms with E-state index in [0.29, 0.717) is 37.0 Å². The molecular weight excluding hydrogens is 350 g/mol. The van der Waals surface area contributed by atoms with Crippen molar-refractivity contribution in [2.24, 2.45) is 5.92 Å². The van der Waals surface area contributed by atoms with Gasteiger partial charge in [0.1, 0.15) is 0 Å². The number of hydrogen-bond donors (Lipinski definition) is 1. The van der Waals surface area contributed by atoms with Gasteiger partial charge in [0.25, 0.3) is 5.91 Å². The third kappa shape index (κ3) is 4.10. The van der Waals surface area contributed by atoms with Crippen LogP contribution in [0.25, 0.3) is 0 Å². The normalized spacial score (nSPS) is 26.5. The molecule has 144 valence electrons. The van der Waals surface area contributed by atoms with Crippen LogP contribution in [-0.4, -0.2) is 68.8 Å². The zero-order valence-electron chi connectivity index (χ0n) is 15.7. The predicted molar refractivity (Wildman–Crippen MR) is 100 cm³/mol. The Morgan fingerprint density at radius 3 is 2.42 bits per heavy atom. The molecule has 1 amide bonds. The number of carbonyl (C=O) groups is 1. The first-order chi connectivity index (χ1) is 12.4. The number of benzene rings is 1. The highest BCUT2D eigenvalue weighted by Gasteiger charge is 2.35. The fourth-order valence-corrected chi connectivity index (χ4v) is 5.50. The van der Waals surface area contributed by atoms with Crippen molar-refractivity contribution < 1.29 is 18.1 Å². The van der Waals surface area contributed by atoms with Gasteiger partial charge in [-0.05, 0) is 31.9 Å². The molecule has 0 bridgehead atoms. The maximum absolute atomic E-state index is 12.9. The van der Waals surface area contributed by atoms with Gasteiger partial charge in [-0.2, -0.15) is 4.31 Å². The van der Waals surface area contributed by atoms with E-state index in [-0.39, 0.29) is 11.9 Å². The van der Waals surface area contributed by atoms with Gasteiger partial charge in [-0.15, -0.1) is 0 Å². The van der Waals surface area contributed by atoms with Crippen LogP contribution in [0.2, 0.25) is 0 Å². The third-order valence-corrected chi connectivity index (χ3v) is 7.63. The average Bonchev–Trinajstić information content (AvgIpc) is 2.67. The molecule has 0 saturated carbocycles. The van der Waals surface area contributed by atoms with Gasteiger partial charge in [-0.3, -0.25) is 4.79 Å². The number of piperazine rings is 1. The molecule has 2 saturated heterocycles. The summed E-state index contributed by atoms with van der Waals surface area (Å²) in [7, 11) is -3.47. The Kier molecular flexibility index (Phi) is 5.99. The summed E-state index contributed by atoms with van der Waals surface area (Å²) in [5.74, 6) is 0.827. The molecule has 1 aromatic rings. The number of nitrogens with zero attached hydrogens (tertiary/aromatic N) is 2. The Hall–Kier alpha value is -1.44. The Bertz CT molecular complexity index is 715. The second kappa shape index (κ2) is 8.06. The summed E-state index contributed by atoms with van der Waals surface area (Å²) in [5, 5.41) is 0. The molecule has 0 aliphatic carbocycles. The average molecular weight is 381 g/mol. The molecule has 2 aliphatic rings. The van der Waals surface area contributed by atoms with E-state index in [1.54, 1.807) is 30.3 Å². The first-order valence-electron chi connectivity index (χ1n) is 9.58. The van der Waals surface area contributed by atoms with Crippen LogP contribution in [0, 0.1) is 5.92 Å². The molecule has 2 fully saturated rings. The van der Waals surface area contributed by atoms with E-state index >= 15 is 0 Å². The third-order valence-electron chi connectivity index (χ3n) is 5.72. The Morgan fingerprint density at radius 1 is 1.15 bits per heavy atom. The molecule has 1 unspecified atom stereocenters. The Balaban J connectivity index is 1.59. The molecule has 6 nitrogen and oxygen atoms in total. The number of sulfonamides is 1. The predicted octanol–water partition coefficient (Wildman–Crippen LogP) is 0.223. The summed E-state index contributed by atoms with van der Waals surface area (Å²) in [4.78, 5) is 16.4. The maximum Gasteiger partial charge on any atom is 0.280 e. The number of likely N-dealkylation sites (tertiary alicyclic amines) is 1. The second-order valence-electron chi connectivity index (χ2n) is 7.62. The number of piperidine rings is 1. The van der Waals surface area contributed by atoms with Crippen LogP contribution in [0.3, 0.4) is 0 Å². The van der Waals surface area contributed by atoms with Crippen molar-refractivity contribution in [2.75, 3.05) is 39.3 Å². The van der Waals surface area contributed by atoms with Gasteiger partial charge in [0.05, 0.1) is 18.0 Å². The fourth-order valence-electron chi connectivity index (χ4n) is 4.06. The summed E-state index contributed by atoms with van der Waals surface area (Å²) in [6, 6.07) is 8.47. The van der Waals surface area contributed by atoms with Gasteiger partial charge in [0.2, 0.25) is 10.0 Å². The molecule has 1 aromatic carbocycles. The molecule has 0 aromatic heterocycles. The molecule has 3 rings (SSSR count). The van der Waals surface area contributed by atoms with Gasteiger partial charge in [-0.25, -0.2) is 8.42 Å². The standard InChI is InChI=1S/C19H29N3O3S/c1-16-7-6-10-21(15-16)17(2)19(23)20-11-13-22(14-12-20)26(24,25)18-8-4-3-5-9-18/h3-5,8-9,16-17H,6-7,10-15H2,1-2H3/p+1/t16-,17-/m0/s1. The number of amides is 1. The first kappa shape index (κ1) is 19.3. The van der Waals surface area contributed by atoms with Crippen LogP contribution in [0.15, 0.2) is 35.2 Å². The van der Waals surface area contributed by atoms with Gasteiger partial charge in [0.15, 0.2) is 6.04 Å². The minimum absolute atomic E-state index is 0.0463. The summed E-state index contributed by atoms with van der Waals surface area (Å²) < 4.78 is 26.9. The van der Waals surface area contributed by atoms with E-state index in [0.717, 1.165) is 13.1 Å². The number of quaternary nitrogens is 1. The Morgan fingerprint density at radius 2 is 1.81 bits per heavy atom. The van der Waals surface area contributed by atoms with Crippen LogP contribution < -0.4 is 4.90 Å². The van der Waals surface area contributed by atoms with E-state index in [4.69, 9.17) is 0 Å². The number of hydrogen-bond acceptors (Lipinski definition) is 3. The number of carbonyl (C=O) groups excluding carboxylic acids is 1. The number of rotatable bonds is 4. The fraction of sp³-hybridized carbons (Fsp3) is 0.632. The zero-order chi connectivity index (χ0) is 18.7. The topological polar surface area (TPSA) is 62.1 Å². The van der Waals surface area contributed by atoms with E-state index in [2.05, 4.69) is 6.92 Å². The van der Waals surface area contributed by atoms with Gasteiger partial charge in [-0.1, -0.05) is 25.1 Å². The Labute approximate surface area is 156 Å². The molecule has 2 heterocycles. The largest absolute Gasteiger partial charge is 0.335 e. The quantitative estimate of drug-likeness (QED) is 0.813. The van der Waals surface area contributed by atoms with Crippen LogP contribution in [-0.2, 0) is 14.8 Å². The lowest BCUT2D eigenvalue weighted by molar-refractivity contribution is -0.922. The lowest BCUT2D eigenvalue weighted by Crippen LogP contribution is -3.18. The highest BCUT2D eigenvalue weighted by atomic mass is 32.2. The van der Waals surface area contributed by atoms with Crippen molar-refractivity contribution in [2.45, 2.75) is 37.6 Å². The highest BCUT2D eigenvalue weighted by Crippen LogP contribution is 2.17. The molecular formula is C19H30N3O3S+. The number of nitrogens with one attached hydrogen (secondary N) is 1. The van der Waals surface area contributed by atoms with Crippen LogP contribution >= 0.6 is 0 Å². The molecule has 3 atom stereocenters. The second-order valence-corrected chi connectivity index (χ2v) is 9.56. The first-order valence-corrected chi connectivity index (χ1v) is 11.0. The molecule has 0 radical (unpaired) electrons. The lowest BCUT2D eigenvalue weighted by atomic mass is 9.98. The maximum atomic E-state index is 12.9. The van der Waals surface area contributed by atoms with E-state index in [1.165, 1.54) is 22.0 Å². The zero-order valence-corrected chi connectivity index (χ0v) is 16.5. The van der Waals surface area contributed by atoms with Crippen molar-refractivity contribution in [1.82, 2.24) is 9.21 Å². The van der Waals surface area contributed by atoms with E-state index < -0.39 is 10.0 Å². The van der Waals surface area contributed by atoms with Crippen LogP contribution in [0.5, 0.6) is 0 Å². The van der Waals surface area contributed by atoms with Crippen molar-refractivity contribution in [3.63, 3.8) is 0 Å². The van der Waals surface area contributed by atoms with E-state index in [1.807, 2.05) is 11.8 Å². The van der Waals surface area contributed by atoms with Gasteiger partial charge >= 0.3 is 0 Å². The summed E-state index contributed by atoms with van der Waals surface area (Å²) in [6.07, 6.45) is 2.43. The molecule has 7 heteroatoms. The van der Waals surface area contributed by atoms with E-state index in [9.17, 15) is 13.2 Å². The van der Waals surface area contributed by atoms with Crippen molar-refractivity contribution in [3.05, 3.63) is 30.3 Å². The van der Waals surface area contributed by atoms with Gasteiger partial charge < -0.3 is 9.80 Å². The monoisotopic (exact) mass is 380 g/mol. The SMILES string of the molecule is C[C@H]1CCC[NH+]([C@@H](C)C(=O)N2CCN(S(=O)(=O)c3ccccc3)CC2)C1. The summed E-state index contributed by atoms with van der Waals surface area (Å²) in [5.41, 5.74) is 0. The smallest absolute Gasteiger partial charge is 0.280 e. The molecule has 1 N–H and O–H groups in total. The molecule has 0 spiro atoms. The van der Waals surface area contributed by atoms with Gasteiger partial charge in [0, 0.05) is 32.1 Å². The summed E-state index contributed by atoms with van der Waals surface area (Å²) in [6.45, 7) is 8.04. The van der Waals surface area contributed by atoms with Crippen molar-refractivity contribution in [1.29, 1.82) is 0 Å². The van der Waals surface area contributed by atoms with Crippen LogP contribution in [0.4, 0.5) is 0 Å². The minimum Gasteiger partial charge on any atom is -0.335 e. The lowest BCUT2D eigenvalue weighted by Gasteiger charge is -2.38. The van der Waals surface area contributed by atoms with Crippen molar-refractivity contribution in [3.8, 4) is 0 Å². The summed E-state index contributed by atoms with van der Waals surface area (Å²) >= 11 is 0. The highest BCUT2D eigenvalue weighted by molar-refractivity contribution is 7.89. The van der Waals surface area contributed by atoms with Crippen LogP contribution in [0.1, 0.15) is 26.7 Å². The minimum atomic E-state index is -3.47.